The number of hydrogen-bond acceptors (Lipinski definition) is 5. The van der Waals surface area contributed by atoms with Gasteiger partial charge in [-0.15, -0.1) is 0 Å². The Bertz CT molecular complexity index is 1160. The number of rotatable bonds is 11. The molecule has 35 heavy (non-hydrogen) atoms. The number of aryl methyl sites for hydroxylation is 2. The average Bonchev–Trinajstić information content (AvgIpc) is 3.19. The molecule has 3 aromatic rings. The van der Waals surface area contributed by atoms with Crippen molar-refractivity contribution >= 4 is 17.6 Å². The van der Waals surface area contributed by atoms with Crippen molar-refractivity contribution in [3.05, 3.63) is 71.0 Å². The third-order valence-corrected chi connectivity index (χ3v) is 5.85. The van der Waals surface area contributed by atoms with E-state index in [2.05, 4.69) is 30.5 Å². The molecule has 0 spiro atoms. The number of hydrogen-bond donors (Lipinski definition) is 3. The van der Waals surface area contributed by atoms with Gasteiger partial charge in [0, 0.05) is 28.9 Å². The zero-order chi connectivity index (χ0) is 25.5. The maximum absolute atomic E-state index is 12.2. The number of furan rings is 1. The molecular weight excluding hydrogens is 444 g/mol. The number of carboxylic acids is 1. The fraction of sp³-hybridized carbons (Fsp3) is 0.357. The van der Waals surface area contributed by atoms with Crippen LogP contribution in [0.5, 0.6) is 5.75 Å². The van der Waals surface area contributed by atoms with E-state index in [-0.39, 0.29) is 24.9 Å². The summed E-state index contributed by atoms with van der Waals surface area (Å²) in [6, 6.07) is 15.3. The molecule has 0 saturated heterocycles. The molecule has 186 valence electrons. The van der Waals surface area contributed by atoms with Crippen molar-refractivity contribution < 1.29 is 23.8 Å². The first-order chi connectivity index (χ1) is 16.7. The Morgan fingerprint density at radius 2 is 1.77 bits per heavy atom. The van der Waals surface area contributed by atoms with E-state index in [1.165, 1.54) is 0 Å². The van der Waals surface area contributed by atoms with Gasteiger partial charge in [-0.3, -0.25) is 9.59 Å². The van der Waals surface area contributed by atoms with Gasteiger partial charge >= 0.3 is 5.97 Å². The van der Waals surface area contributed by atoms with E-state index in [1.807, 2.05) is 44.2 Å². The smallest absolute Gasteiger partial charge is 0.305 e. The molecular formula is C28H34N2O5. The SMILES string of the molecule is COc1ccc(-c2cc(C(CC(C)C)Nc3ccc(C(=O)NCCC(=O)O)cc3)c(C)o2)c(C)c1. The summed E-state index contributed by atoms with van der Waals surface area (Å²) >= 11 is 0. The summed E-state index contributed by atoms with van der Waals surface area (Å²) in [5, 5.41) is 14.9. The zero-order valence-electron chi connectivity index (χ0n) is 21.0. The third-order valence-electron chi connectivity index (χ3n) is 5.85. The topological polar surface area (TPSA) is 101 Å². The Hall–Kier alpha value is -3.74. The Morgan fingerprint density at radius 1 is 1.06 bits per heavy atom. The normalized spacial score (nSPS) is 11.8. The quantitative estimate of drug-likeness (QED) is 0.314. The number of methoxy groups -OCH3 is 1. The van der Waals surface area contributed by atoms with Crippen LogP contribution in [0.3, 0.4) is 0 Å². The Morgan fingerprint density at radius 3 is 2.37 bits per heavy atom. The predicted octanol–water partition coefficient (Wildman–Crippen LogP) is 5.98. The van der Waals surface area contributed by atoms with Crippen LogP contribution in [0, 0.1) is 19.8 Å². The highest BCUT2D eigenvalue weighted by Crippen LogP contribution is 2.35. The first-order valence-corrected chi connectivity index (χ1v) is 11.8. The first-order valence-electron chi connectivity index (χ1n) is 11.8. The Balaban J connectivity index is 1.79. The first kappa shape index (κ1) is 25.9. The van der Waals surface area contributed by atoms with E-state index in [9.17, 15) is 9.59 Å². The lowest BCUT2D eigenvalue weighted by atomic mass is 9.96. The Kier molecular flexibility index (Phi) is 8.58. The van der Waals surface area contributed by atoms with Gasteiger partial charge in [0.15, 0.2) is 0 Å². The minimum atomic E-state index is -0.944. The molecule has 1 amide bonds. The molecule has 1 aromatic heterocycles. The molecule has 1 heterocycles. The number of carboxylic acid groups (broad SMARTS) is 1. The van der Waals surface area contributed by atoms with E-state index in [1.54, 1.807) is 19.2 Å². The maximum Gasteiger partial charge on any atom is 0.305 e. The number of benzene rings is 2. The summed E-state index contributed by atoms with van der Waals surface area (Å²) in [5.41, 5.74) is 4.58. The van der Waals surface area contributed by atoms with Crippen LogP contribution in [-0.4, -0.2) is 30.6 Å². The van der Waals surface area contributed by atoms with Gasteiger partial charge in [-0.1, -0.05) is 13.8 Å². The highest BCUT2D eigenvalue weighted by atomic mass is 16.5. The Labute approximate surface area is 206 Å². The fourth-order valence-electron chi connectivity index (χ4n) is 4.05. The lowest BCUT2D eigenvalue weighted by Gasteiger charge is -2.21. The molecule has 7 nitrogen and oxygen atoms in total. The average molecular weight is 479 g/mol. The largest absolute Gasteiger partial charge is 0.497 e. The van der Waals surface area contributed by atoms with Crippen molar-refractivity contribution in [2.75, 3.05) is 19.0 Å². The minimum absolute atomic E-state index is 0.0290. The monoisotopic (exact) mass is 478 g/mol. The molecule has 1 unspecified atom stereocenters. The molecule has 0 saturated carbocycles. The molecule has 0 bridgehead atoms. The van der Waals surface area contributed by atoms with Crippen LogP contribution in [0.25, 0.3) is 11.3 Å². The third kappa shape index (κ3) is 6.88. The van der Waals surface area contributed by atoms with Crippen LogP contribution in [0.2, 0.25) is 0 Å². The van der Waals surface area contributed by atoms with E-state index in [0.29, 0.717) is 11.5 Å². The molecule has 7 heteroatoms. The van der Waals surface area contributed by atoms with E-state index >= 15 is 0 Å². The summed E-state index contributed by atoms with van der Waals surface area (Å²) in [6.07, 6.45) is 0.795. The highest BCUT2D eigenvalue weighted by Gasteiger charge is 2.21. The predicted molar refractivity (Wildman–Crippen MR) is 137 cm³/mol. The van der Waals surface area contributed by atoms with Gasteiger partial charge in [-0.2, -0.15) is 0 Å². The second-order valence-corrected chi connectivity index (χ2v) is 9.11. The van der Waals surface area contributed by atoms with Crippen LogP contribution in [0.15, 0.2) is 52.9 Å². The number of amides is 1. The summed E-state index contributed by atoms with van der Waals surface area (Å²) in [7, 11) is 1.66. The van der Waals surface area contributed by atoms with Crippen LogP contribution in [0.1, 0.15) is 60.0 Å². The van der Waals surface area contributed by atoms with Gasteiger partial charge in [-0.05, 0) is 80.3 Å². The van der Waals surface area contributed by atoms with Gasteiger partial charge in [0.1, 0.15) is 17.3 Å². The van der Waals surface area contributed by atoms with Crippen molar-refractivity contribution in [2.45, 2.75) is 46.6 Å². The van der Waals surface area contributed by atoms with Gasteiger partial charge in [0.25, 0.3) is 5.91 Å². The summed E-state index contributed by atoms with van der Waals surface area (Å²) < 4.78 is 11.5. The second kappa shape index (κ2) is 11.6. The number of aliphatic carboxylic acids is 1. The van der Waals surface area contributed by atoms with Crippen molar-refractivity contribution in [1.82, 2.24) is 5.32 Å². The summed E-state index contributed by atoms with van der Waals surface area (Å²) in [5.74, 6) is 1.72. The van der Waals surface area contributed by atoms with Crippen LogP contribution >= 0.6 is 0 Å². The molecule has 0 radical (unpaired) electrons. The zero-order valence-corrected chi connectivity index (χ0v) is 21.0. The van der Waals surface area contributed by atoms with E-state index in [0.717, 1.165) is 46.1 Å². The van der Waals surface area contributed by atoms with Gasteiger partial charge in [0.05, 0.1) is 19.6 Å². The molecule has 2 aromatic carbocycles. The number of ether oxygens (including phenoxy) is 1. The fourth-order valence-corrected chi connectivity index (χ4v) is 4.05. The van der Waals surface area contributed by atoms with Crippen molar-refractivity contribution in [3.8, 4) is 17.1 Å². The van der Waals surface area contributed by atoms with Crippen LogP contribution < -0.4 is 15.4 Å². The second-order valence-electron chi connectivity index (χ2n) is 9.11. The molecule has 3 rings (SSSR count). The standard InChI is InChI=1S/C28H34N2O5/c1-17(2)14-25(30-21-8-6-20(7-9-21)28(33)29-13-12-27(31)32)24-16-26(35-19(24)4)23-11-10-22(34-5)15-18(23)3/h6-11,15-17,25,30H,12-14H2,1-5H3,(H,29,33)(H,31,32). The van der Waals surface area contributed by atoms with Crippen molar-refractivity contribution in [3.63, 3.8) is 0 Å². The van der Waals surface area contributed by atoms with Gasteiger partial charge < -0.3 is 24.9 Å². The van der Waals surface area contributed by atoms with Crippen LogP contribution in [-0.2, 0) is 4.79 Å². The number of nitrogens with one attached hydrogen (secondary N) is 2. The van der Waals surface area contributed by atoms with E-state index in [4.69, 9.17) is 14.3 Å². The minimum Gasteiger partial charge on any atom is -0.497 e. The number of carbonyl (C=O) groups excluding carboxylic acids is 1. The maximum atomic E-state index is 12.2. The molecule has 0 aliphatic heterocycles. The molecule has 0 aliphatic rings. The summed E-state index contributed by atoms with van der Waals surface area (Å²) in [4.78, 5) is 22.9. The lowest BCUT2D eigenvalue weighted by Crippen LogP contribution is -2.25. The van der Waals surface area contributed by atoms with E-state index < -0.39 is 5.97 Å². The number of carbonyl (C=O) groups is 2. The molecule has 0 aliphatic carbocycles. The lowest BCUT2D eigenvalue weighted by molar-refractivity contribution is -0.136. The highest BCUT2D eigenvalue weighted by molar-refractivity contribution is 5.94. The van der Waals surface area contributed by atoms with Crippen LogP contribution in [0.4, 0.5) is 5.69 Å². The molecule has 3 N–H and O–H groups in total. The number of anilines is 1. The van der Waals surface area contributed by atoms with Gasteiger partial charge in [-0.25, -0.2) is 0 Å². The molecule has 0 fully saturated rings. The van der Waals surface area contributed by atoms with Gasteiger partial charge in [0.2, 0.25) is 0 Å². The molecule has 1 atom stereocenters. The van der Waals surface area contributed by atoms with Crippen molar-refractivity contribution in [2.24, 2.45) is 5.92 Å². The summed E-state index contributed by atoms with van der Waals surface area (Å²) in [6.45, 7) is 8.49. The van der Waals surface area contributed by atoms with Crippen molar-refractivity contribution in [1.29, 1.82) is 0 Å².